The Bertz CT molecular complexity index is 5110. The third-order valence-electron chi connectivity index (χ3n) is 22.1. The van der Waals surface area contributed by atoms with E-state index in [0.717, 1.165) is 93.4 Å². The number of Topliss-reactive ketones (excluding diaryl/α,β-unsaturated/α-hetero) is 3. The van der Waals surface area contributed by atoms with E-state index < -0.39 is 42.4 Å². The van der Waals surface area contributed by atoms with Gasteiger partial charge < -0.3 is 84.1 Å². The summed E-state index contributed by atoms with van der Waals surface area (Å²) < 4.78 is 21.0. The van der Waals surface area contributed by atoms with Crippen molar-refractivity contribution in [1.29, 1.82) is 0 Å². The van der Waals surface area contributed by atoms with E-state index in [4.69, 9.17) is 24.1 Å². The van der Waals surface area contributed by atoms with Gasteiger partial charge in [0.1, 0.15) is 62.4 Å². The van der Waals surface area contributed by atoms with E-state index in [1.54, 1.807) is 49.4 Å². The molecule has 130 heavy (non-hydrogen) atoms. The summed E-state index contributed by atoms with van der Waals surface area (Å²) in [5.74, 6) is -0.691. The lowest BCUT2D eigenvalue weighted by atomic mass is 10.0. The molecule has 4 aliphatic rings. The predicted octanol–water partition coefficient (Wildman–Crippen LogP) is 12.3. The van der Waals surface area contributed by atoms with Crippen LogP contribution in [-0.2, 0) is 109 Å². The zero-order valence-electron chi connectivity index (χ0n) is 74.6. The van der Waals surface area contributed by atoms with E-state index in [2.05, 4.69) is 35.6 Å². The number of anilines is 4. The summed E-state index contributed by atoms with van der Waals surface area (Å²) >= 11 is 0. The van der Waals surface area contributed by atoms with Gasteiger partial charge in [0.2, 0.25) is 23.6 Å². The lowest BCUT2D eigenvalue weighted by Gasteiger charge is -2.37. The number of nitrogens with one attached hydrogen (secondary N) is 3. The second kappa shape index (κ2) is 51.4. The van der Waals surface area contributed by atoms with Crippen molar-refractivity contribution in [1.82, 2.24) is 40.4 Å². The monoisotopic (exact) mass is 1770 g/mol. The Hall–Kier alpha value is -14.4. The number of piperazine rings is 4. The highest BCUT2D eigenvalue weighted by Gasteiger charge is 2.33. The molecule has 2 atom stereocenters. The molecule has 13 rings (SSSR count). The van der Waals surface area contributed by atoms with Crippen molar-refractivity contribution < 1.29 is 81.6 Å². The number of alkyl carbamates (subject to hydrolysis) is 3. The maximum atomic E-state index is 13.5. The van der Waals surface area contributed by atoms with E-state index in [1.807, 2.05) is 254 Å². The van der Waals surface area contributed by atoms with E-state index in [-0.39, 0.29) is 80.4 Å². The number of carboxylic acids is 1. The van der Waals surface area contributed by atoms with Crippen LogP contribution in [0.3, 0.4) is 0 Å². The molecule has 0 aromatic heterocycles. The Balaban J connectivity index is 0.000000181. The fourth-order valence-electron chi connectivity index (χ4n) is 15.0. The Morgan fingerprint density at radius 3 is 0.985 bits per heavy atom. The first-order chi connectivity index (χ1) is 62.8. The fraction of sp³-hybridized carbons (Fsp3) is 0.347. The minimum Gasteiger partial charge on any atom is -0.481 e. The number of benzene rings is 9. The summed E-state index contributed by atoms with van der Waals surface area (Å²) in [4.78, 5) is 162. The molecule has 0 unspecified atom stereocenters. The van der Waals surface area contributed by atoms with Gasteiger partial charge in [0, 0.05) is 167 Å². The molecule has 29 nitrogen and oxygen atoms in total. The first-order valence-electron chi connectivity index (χ1n) is 43.9. The number of aliphatic carboxylic acids is 1. The zero-order valence-corrected chi connectivity index (χ0v) is 74.6. The van der Waals surface area contributed by atoms with Gasteiger partial charge in [-0.2, -0.15) is 0 Å². The van der Waals surface area contributed by atoms with Crippen molar-refractivity contribution >= 4 is 94.1 Å². The molecule has 4 fully saturated rings. The van der Waals surface area contributed by atoms with Crippen LogP contribution in [-0.4, -0.2) is 232 Å². The Kier molecular flexibility index (Phi) is 38.7. The number of carboxylic acid groups (broad SMARTS) is 1. The topological polar surface area (TPSA) is 327 Å². The molecule has 9 aromatic rings. The van der Waals surface area contributed by atoms with Gasteiger partial charge in [0.15, 0.2) is 0 Å². The number of nitrogens with zero attached hydrogens (tertiary/aromatic N) is 9. The van der Waals surface area contributed by atoms with Crippen molar-refractivity contribution in [3.8, 4) is 0 Å². The van der Waals surface area contributed by atoms with E-state index in [9.17, 15) is 57.5 Å². The summed E-state index contributed by atoms with van der Waals surface area (Å²) in [5.41, 5.74) is 12.3. The van der Waals surface area contributed by atoms with Crippen LogP contribution in [0.4, 0.5) is 41.9 Å². The molecule has 4 saturated heterocycles. The van der Waals surface area contributed by atoms with Crippen molar-refractivity contribution in [2.75, 3.05) is 144 Å². The Morgan fingerprint density at radius 1 is 0.338 bits per heavy atom. The largest absolute Gasteiger partial charge is 0.481 e. The van der Waals surface area contributed by atoms with E-state index in [0.29, 0.717) is 123 Å². The molecule has 684 valence electrons. The van der Waals surface area contributed by atoms with Crippen molar-refractivity contribution in [3.05, 3.63) is 299 Å². The normalized spacial score (nSPS) is 14.0. The average Bonchev–Trinajstić information content (AvgIpc) is 0.830. The number of amides is 8. The number of ketones is 3. The maximum absolute atomic E-state index is 13.5. The van der Waals surface area contributed by atoms with Gasteiger partial charge in [-0.25, -0.2) is 19.2 Å². The van der Waals surface area contributed by atoms with Gasteiger partial charge in [0.05, 0.1) is 6.42 Å². The summed E-state index contributed by atoms with van der Waals surface area (Å²) in [5, 5.41) is 16.9. The van der Waals surface area contributed by atoms with E-state index >= 15 is 0 Å². The molecule has 0 spiro atoms. The number of carbonyl (C=O) groups excluding carboxylic acids is 11. The van der Waals surface area contributed by atoms with Crippen LogP contribution in [0, 0.1) is 0 Å². The van der Waals surface area contributed by atoms with Gasteiger partial charge in [0.25, 0.3) is 0 Å². The Morgan fingerprint density at radius 2 is 0.638 bits per heavy atom. The lowest BCUT2D eigenvalue weighted by molar-refractivity contribution is -0.136. The minimum atomic E-state index is -0.843. The minimum absolute atomic E-state index is 0.00658. The molecule has 0 aliphatic carbocycles. The van der Waals surface area contributed by atoms with Crippen molar-refractivity contribution in [2.45, 2.75) is 105 Å². The quantitative estimate of drug-likeness (QED) is 0.0232. The maximum Gasteiger partial charge on any atom is 0.410 e. The SMILES string of the molecule is CC(=O)Cc1ccc(N2CCN(C(=O)CN(C)C(=O)OCc3ccccc3)CC2)cc1.CC(=O)Cc1ccc(N2CCN(C(=O)[C@@H](C)NC(=O)OCc3ccccc3)CC2)cc1.CC(=O)Cc1ccc(N2CCN(C(=O)[C@H](NC(=O)OCc3ccccc3)c3ccccc3)CC2)cc1.O=C(O)Cc1ccc(N2CCN(C(=O)CCCNC(=O)OCc3ccccc3)CC2)cc1. The molecule has 4 N–H and O–H groups in total. The standard InChI is InChI=1S/C29H31N3O4.C24H29N3O5.2C24H29N3O4/c1-22(33)20-23-12-14-26(15-13-23)31-16-18-32(19-17-31)28(34)27(25-10-6-3-7-11-25)30-29(35)36-21-24-8-4-2-5-9-24;28-22(7-4-12-25-24(31)32-18-20-5-2-1-3-6-20)27-15-13-26(14-16-27)21-10-8-19(9-11-21)17-23(29)30;1-19(28)16-20-8-10-22(11-9-20)26-12-14-27(15-13-26)23(29)17-25(2)24(30)31-18-21-6-4-3-5-7-21;1-18(28)16-20-8-10-22(11-9-20)26-12-14-27(15-13-26)23(29)19(2)25-24(30)31-17-21-6-4-3-5-7-21/h2-15,27H,16-21H2,1H3,(H,30,35);1-3,5-6,8-11H,4,7,12-18H2,(H,25,31)(H,29,30);3-11H,12-18H2,1-2H3;3-11,19H,12-17H2,1-2H3,(H,25,30)/t27-;;;19-/m1..1/s1. The molecule has 9 aromatic carbocycles. The van der Waals surface area contributed by atoms with Crippen LogP contribution in [0.15, 0.2) is 249 Å². The third kappa shape index (κ3) is 33.1. The van der Waals surface area contributed by atoms with Crippen molar-refractivity contribution in [2.24, 2.45) is 0 Å². The van der Waals surface area contributed by atoms with Crippen molar-refractivity contribution in [3.63, 3.8) is 0 Å². The first-order valence-corrected chi connectivity index (χ1v) is 43.9. The fourth-order valence-corrected chi connectivity index (χ4v) is 15.0. The molecule has 29 heteroatoms. The highest BCUT2D eigenvalue weighted by atomic mass is 16.6. The predicted molar refractivity (Wildman–Crippen MR) is 497 cm³/mol. The second-order valence-electron chi connectivity index (χ2n) is 32.2. The number of hydrogen-bond donors (Lipinski definition) is 4. The molecular weight excluding hydrogens is 1650 g/mol. The van der Waals surface area contributed by atoms with Gasteiger partial charge in [-0.15, -0.1) is 0 Å². The highest BCUT2D eigenvalue weighted by molar-refractivity contribution is 5.88. The van der Waals surface area contributed by atoms with Crippen LogP contribution >= 0.6 is 0 Å². The zero-order chi connectivity index (χ0) is 92.5. The molecule has 4 heterocycles. The van der Waals surface area contributed by atoms with Crippen LogP contribution < -0.4 is 35.6 Å². The second-order valence-corrected chi connectivity index (χ2v) is 32.2. The van der Waals surface area contributed by atoms with Gasteiger partial charge in [-0.05, 0) is 133 Å². The summed E-state index contributed by atoms with van der Waals surface area (Å²) in [6.07, 6.45) is 0.0512. The molecule has 0 saturated carbocycles. The molecule has 0 bridgehead atoms. The first kappa shape index (κ1) is 97.8. The molecule has 8 amide bonds. The number of carbonyl (C=O) groups is 12. The number of likely N-dealkylation sites (N-methyl/N-ethyl adjacent to an activating group) is 1. The third-order valence-corrected chi connectivity index (χ3v) is 22.1. The number of hydrogen-bond acceptors (Lipinski definition) is 20. The van der Waals surface area contributed by atoms with E-state index in [1.165, 1.54) is 4.90 Å². The Labute approximate surface area is 760 Å². The number of ether oxygens (including phenoxy) is 4. The molecule has 4 aliphatic heterocycles. The van der Waals surface area contributed by atoms with Gasteiger partial charge >= 0.3 is 30.3 Å². The summed E-state index contributed by atoms with van der Waals surface area (Å²) in [7, 11) is 1.57. The summed E-state index contributed by atoms with van der Waals surface area (Å²) in [6.45, 7) is 17.9. The molecule has 0 radical (unpaired) electrons. The van der Waals surface area contributed by atoms with Gasteiger partial charge in [-0.1, -0.05) is 200 Å². The molecular formula is C101H118N12O17. The van der Waals surface area contributed by atoms with Crippen LogP contribution in [0.5, 0.6) is 0 Å². The smallest absolute Gasteiger partial charge is 0.410 e. The van der Waals surface area contributed by atoms with Crippen LogP contribution in [0.25, 0.3) is 0 Å². The van der Waals surface area contributed by atoms with Gasteiger partial charge in [-0.3, -0.25) is 38.4 Å². The number of rotatable bonds is 31. The summed E-state index contributed by atoms with van der Waals surface area (Å²) in [6, 6.07) is 77.0. The average molecular weight is 1770 g/mol. The lowest BCUT2D eigenvalue weighted by Crippen LogP contribution is -2.54. The van der Waals surface area contributed by atoms with Crippen LogP contribution in [0.2, 0.25) is 0 Å². The van der Waals surface area contributed by atoms with Crippen LogP contribution in [0.1, 0.15) is 96.6 Å². The highest BCUT2D eigenvalue weighted by Crippen LogP contribution is 2.26.